The van der Waals surface area contributed by atoms with E-state index in [0.29, 0.717) is 16.5 Å². The largest absolute Gasteiger partial charge is 0.489 e. The van der Waals surface area contributed by atoms with Crippen molar-refractivity contribution in [1.29, 1.82) is 0 Å². The molecule has 0 aromatic heterocycles. The first-order valence-electron chi connectivity index (χ1n) is 4.37. The maximum Gasteiger partial charge on any atom is 0.140 e. The van der Waals surface area contributed by atoms with Crippen LogP contribution in [0.4, 0.5) is 5.69 Å². The summed E-state index contributed by atoms with van der Waals surface area (Å²) in [5, 5.41) is 9.54. The number of nitrogens with two attached hydrogens (primary N) is 1. The summed E-state index contributed by atoms with van der Waals surface area (Å²) in [5.74, 6) is 0.510. The van der Waals surface area contributed by atoms with Crippen molar-refractivity contribution < 1.29 is 9.84 Å². The molecule has 1 rings (SSSR count). The molecule has 78 valence electrons. The van der Waals surface area contributed by atoms with E-state index >= 15 is 0 Å². The number of aliphatic hydroxyl groups excluding tert-OH is 1. The molecule has 3 nitrogen and oxygen atoms in total. The average Bonchev–Trinajstić information content (AvgIpc) is 2.09. The number of rotatable bonds is 3. The van der Waals surface area contributed by atoms with Gasteiger partial charge in [0.15, 0.2) is 0 Å². The zero-order valence-corrected chi connectivity index (χ0v) is 9.01. The Morgan fingerprint density at radius 2 is 2.21 bits per heavy atom. The Bertz CT molecular complexity index is 326. The Morgan fingerprint density at radius 3 is 2.79 bits per heavy atom. The minimum Gasteiger partial charge on any atom is -0.489 e. The Balaban J connectivity index is 2.82. The van der Waals surface area contributed by atoms with Gasteiger partial charge in [0, 0.05) is 11.8 Å². The van der Waals surface area contributed by atoms with Crippen molar-refractivity contribution in [1.82, 2.24) is 0 Å². The van der Waals surface area contributed by atoms with Crippen LogP contribution in [-0.2, 0) is 0 Å². The van der Waals surface area contributed by atoms with Crippen molar-refractivity contribution in [3.8, 4) is 5.75 Å². The van der Waals surface area contributed by atoms with Crippen LogP contribution in [-0.4, -0.2) is 17.8 Å². The molecule has 0 saturated carbocycles. The lowest BCUT2D eigenvalue weighted by Crippen LogP contribution is -2.13. The van der Waals surface area contributed by atoms with E-state index in [4.69, 9.17) is 27.2 Å². The van der Waals surface area contributed by atoms with Gasteiger partial charge in [-0.1, -0.05) is 11.6 Å². The highest BCUT2D eigenvalue weighted by Gasteiger charge is 2.06. The van der Waals surface area contributed by atoms with Gasteiger partial charge >= 0.3 is 0 Å². The first-order chi connectivity index (χ1) is 6.50. The summed E-state index contributed by atoms with van der Waals surface area (Å²) in [4.78, 5) is 0. The van der Waals surface area contributed by atoms with Crippen LogP contribution in [0, 0.1) is 6.92 Å². The fourth-order valence-corrected chi connectivity index (χ4v) is 1.26. The molecule has 0 aliphatic rings. The molecule has 1 aromatic rings. The van der Waals surface area contributed by atoms with Crippen LogP contribution in [0.3, 0.4) is 0 Å². The van der Waals surface area contributed by atoms with E-state index in [1.165, 1.54) is 0 Å². The summed E-state index contributed by atoms with van der Waals surface area (Å²) in [7, 11) is 0. The Morgan fingerprint density at radius 1 is 1.57 bits per heavy atom. The van der Waals surface area contributed by atoms with Gasteiger partial charge in [0.05, 0.1) is 11.1 Å². The normalized spacial score (nSPS) is 12.6. The average molecular weight is 216 g/mol. The minimum absolute atomic E-state index is 0.211. The van der Waals surface area contributed by atoms with Crippen LogP contribution in [0.2, 0.25) is 5.02 Å². The van der Waals surface area contributed by atoms with Crippen molar-refractivity contribution in [3.63, 3.8) is 0 Å². The van der Waals surface area contributed by atoms with Gasteiger partial charge in [-0.3, -0.25) is 0 Å². The van der Waals surface area contributed by atoms with Gasteiger partial charge in [-0.05, 0) is 25.5 Å². The van der Waals surface area contributed by atoms with Gasteiger partial charge in [-0.2, -0.15) is 0 Å². The van der Waals surface area contributed by atoms with Gasteiger partial charge < -0.3 is 15.6 Å². The molecule has 0 bridgehead atoms. The third kappa shape index (κ3) is 2.79. The number of benzene rings is 1. The second-order valence-corrected chi connectivity index (χ2v) is 3.71. The van der Waals surface area contributed by atoms with Crippen LogP contribution in [0.1, 0.15) is 12.5 Å². The molecule has 0 radical (unpaired) electrons. The number of aliphatic hydroxyl groups is 1. The van der Waals surface area contributed by atoms with Crippen LogP contribution in [0.5, 0.6) is 5.75 Å². The molecule has 14 heavy (non-hydrogen) atoms. The van der Waals surface area contributed by atoms with Gasteiger partial charge in [0.2, 0.25) is 0 Å². The third-order valence-corrected chi connectivity index (χ3v) is 2.10. The second-order valence-electron chi connectivity index (χ2n) is 3.30. The topological polar surface area (TPSA) is 55.5 Å². The SMILES string of the molecule is Cc1cc(Cl)c(OCC(C)O)cc1N. The summed E-state index contributed by atoms with van der Waals surface area (Å²) >= 11 is 5.92. The van der Waals surface area contributed by atoms with E-state index in [1.54, 1.807) is 19.1 Å². The number of halogens is 1. The van der Waals surface area contributed by atoms with E-state index < -0.39 is 6.10 Å². The smallest absolute Gasteiger partial charge is 0.140 e. The van der Waals surface area contributed by atoms with Gasteiger partial charge in [0.1, 0.15) is 12.4 Å². The zero-order valence-electron chi connectivity index (χ0n) is 8.25. The molecule has 0 spiro atoms. The molecular weight excluding hydrogens is 202 g/mol. The lowest BCUT2D eigenvalue weighted by Gasteiger charge is -2.11. The van der Waals surface area contributed by atoms with E-state index in [2.05, 4.69) is 0 Å². The number of aryl methyl sites for hydroxylation is 1. The monoisotopic (exact) mass is 215 g/mol. The minimum atomic E-state index is -0.520. The highest BCUT2D eigenvalue weighted by molar-refractivity contribution is 6.32. The molecule has 1 atom stereocenters. The van der Waals surface area contributed by atoms with Gasteiger partial charge in [0.25, 0.3) is 0 Å². The summed E-state index contributed by atoms with van der Waals surface area (Å²) < 4.78 is 5.27. The van der Waals surface area contributed by atoms with Crippen molar-refractivity contribution >= 4 is 17.3 Å². The quantitative estimate of drug-likeness (QED) is 0.759. The standard InChI is InChI=1S/C10H14ClNO2/c1-6-3-8(11)10(4-9(6)12)14-5-7(2)13/h3-4,7,13H,5,12H2,1-2H3. The van der Waals surface area contributed by atoms with Crippen LogP contribution < -0.4 is 10.5 Å². The van der Waals surface area contributed by atoms with Crippen LogP contribution >= 0.6 is 11.6 Å². The number of anilines is 1. The highest BCUT2D eigenvalue weighted by Crippen LogP contribution is 2.29. The summed E-state index contributed by atoms with van der Waals surface area (Å²) in [5.41, 5.74) is 7.25. The Labute approximate surface area is 88.4 Å². The van der Waals surface area contributed by atoms with Crippen molar-refractivity contribution in [3.05, 3.63) is 22.7 Å². The summed E-state index contributed by atoms with van der Waals surface area (Å²) in [6.07, 6.45) is -0.520. The molecule has 0 aliphatic heterocycles. The van der Waals surface area contributed by atoms with Crippen LogP contribution in [0.15, 0.2) is 12.1 Å². The molecular formula is C10H14ClNO2. The number of hydrogen-bond acceptors (Lipinski definition) is 3. The van der Waals surface area contributed by atoms with Gasteiger partial charge in [-0.15, -0.1) is 0 Å². The lowest BCUT2D eigenvalue weighted by atomic mass is 10.2. The lowest BCUT2D eigenvalue weighted by molar-refractivity contribution is 0.123. The maximum atomic E-state index is 9.03. The molecule has 0 aliphatic carbocycles. The zero-order chi connectivity index (χ0) is 10.7. The molecule has 0 heterocycles. The molecule has 0 saturated heterocycles. The Hall–Kier alpha value is -0.930. The van der Waals surface area contributed by atoms with Crippen LogP contribution in [0.25, 0.3) is 0 Å². The molecule has 0 amide bonds. The van der Waals surface area contributed by atoms with Gasteiger partial charge in [-0.25, -0.2) is 0 Å². The van der Waals surface area contributed by atoms with Crippen molar-refractivity contribution in [2.24, 2.45) is 0 Å². The molecule has 1 unspecified atom stereocenters. The summed E-state index contributed by atoms with van der Waals surface area (Å²) in [6.45, 7) is 3.73. The van der Waals surface area contributed by atoms with E-state index in [1.807, 2.05) is 6.92 Å². The molecule has 0 fully saturated rings. The number of hydrogen-bond donors (Lipinski definition) is 2. The van der Waals surface area contributed by atoms with E-state index in [-0.39, 0.29) is 6.61 Å². The first kappa shape index (κ1) is 11.1. The molecule has 3 N–H and O–H groups in total. The van der Waals surface area contributed by atoms with E-state index in [9.17, 15) is 0 Å². The highest BCUT2D eigenvalue weighted by atomic mass is 35.5. The van der Waals surface area contributed by atoms with Crippen molar-refractivity contribution in [2.75, 3.05) is 12.3 Å². The maximum absolute atomic E-state index is 9.03. The predicted octanol–water partition coefficient (Wildman–Crippen LogP) is 1.99. The van der Waals surface area contributed by atoms with Crippen molar-refractivity contribution in [2.45, 2.75) is 20.0 Å². The number of ether oxygens (including phenoxy) is 1. The molecule has 4 heteroatoms. The Kier molecular flexibility index (Phi) is 3.61. The molecule has 1 aromatic carbocycles. The predicted molar refractivity (Wildman–Crippen MR) is 57.8 cm³/mol. The first-order valence-corrected chi connectivity index (χ1v) is 4.75. The van der Waals surface area contributed by atoms with E-state index in [0.717, 1.165) is 5.56 Å². The fourth-order valence-electron chi connectivity index (χ4n) is 0.990. The summed E-state index contributed by atoms with van der Waals surface area (Å²) in [6, 6.07) is 3.41. The second kappa shape index (κ2) is 4.53. The number of nitrogen functional groups attached to an aromatic ring is 1. The third-order valence-electron chi connectivity index (χ3n) is 1.80. The fraction of sp³-hybridized carbons (Fsp3) is 0.400.